The zero-order chi connectivity index (χ0) is 11.9. The molecule has 0 spiro atoms. The summed E-state index contributed by atoms with van der Waals surface area (Å²) in [5.41, 5.74) is 0.116. The molecule has 0 nitrogen and oxygen atoms in total. The van der Waals surface area contributed by atoms with Gasteiger partial charge in [-0.05, 0) is 36.1 Å². The van der Waals surface area contributed by atoms with Crippen LogP contribution in [0.5, 0.6) is 0 Å². The van der Waals surface area contributed by atoms with Crippen molar-refractivity contribution in [1.29, 1.82) is 0 Å². The smallest absolute Gasteiger partial charge is 0.0291 e. The predicted octanol–water partition coefficient (Wildman–Crippen LogP) is 5.04. The number of alkyl halides is 2. The van der Waals surface area contributed by atoms with Crippen LogP contribution in [-0.4, -0.2) is 17.5 Å². The van der Waals surface area contributed by atoms with Crippen LogP contribution in [0.1, 0.15) is 19.8 Å². The van der Waals surface area contributed by atoms with E-state index in [0.717, 1.165) is 18.6 Å². The second-order valence-corrected chi connectivity index (χ2v) is 5.74. The van der Waals surface area contributed by atoms with Crippen LogP contribution in [0.2, 0.25) is 0 Å². The summed E-state index contributed by atoms with van der Waals surface area (Å²) in [5.74, 6) is 2.39. The fourth-order valence-electron chi connectivity index (χ4n) is 1.44. The summed E-state index contributed by atoms with van der Waals surface area (Å²) in [6.07, 6.45) is 2.13. The Labute approximate surface area is 113 Å². The molecule has 0 fully saturated rings. The van der Waals surface area contributed by atoms with Gasteiger partial charge in [-0.3, -0.25) is 0 Å². The molecule has 0 saturated carbocycles. The van der Waals surface area contributed by atoms with E-state index in [2.05, 4.69) is 31.2 Å². The number of benzene rings is 1. The molecule has 0 N–H and O–H groups in total. The van der Waals surface area contributed by atoms with E-state index in [1.165, 1.54) is 4.90 Å². The molecule has 1 rings (SSSR count). The minimum atomic E-state index is 0.116. The fraction of sp³-hybridized carbons (Fsp3) is 0.538. The molecule has 0 aliphatic heterocycles. The normalized spacial score (nSPS) is 11.7. The second kappa shape index (κ2) is 7.47. The Morgan fingerprint density at radius 1 is 1.12 bits per heavy atom. The third-order valence-corrected chi connectivity index (χ3v) is 5.11. The molecule has 0 aliphatic carbocycles. The SMILES string of the molecule is CCC(CCl)(CCl)CCSc1ccccc1. The van der Waals surface area contributed by atoms with Crippen LogP contribution in [0.4, 0.5) is 0 Å². The minimum Gasteiger partial charge on any atom is -0.126 e. The van der Waals surface area contributed by atoms with E-state index in [4.69, 9.17) is 23.2 Å². The molecule has 0 aliphatic rings. The van der Waals surface area contributed by atoms with Crippen molar-refractivity contribution in [2.75, 3.05) is 17.5 Å². The van der Waals surface area contributed by atoms with Gasteiger partial charge in [-0.2, -0.15) is 0 Å². The van der Waals surface area contributed by atoms with Gasteiger partial charge in [0.05, 0.1) is 0 Å². The maximum absolute atomic E-state index is 6.01. The zero-order valence-electron chi connectivity index (χ0n) is 9.59. The van der Waals surface area contributed by atoms with Gasteiger partial charge in [-0.25, -0.2) is 0 Å². The summed E-state index contributed by atoms with van der Waals surface area (Å²) in [4.78, 5) is 1.32. The van der Waals surface area contributed by atoms with Crippen molar-refractivity contribution in [1.82, 2.24) is 0 Å². The van der Waals surface area contributed by atoms with Crippen molar-refractivity contribution in [3.8, 4) is 0 Å². The number of hydrogen-bond donors (Lipinski definition) is 0. The summed E-state index contributed by atoms with van der Waals surface area (Å²) < 4.78 is 0. The van der Waals surface area contributed by atoms with Gasteiger partial charge in [0.1, 0.15) is 0 Å². The van der Waals surface area contributed by atoms with E-state index in [9.17, 15) is 0 Å². The molecule has 3 heteroatoms. The fourth-order valence-corrected chi connectivity index (χ4v) is 3.49. The largest absolute Gasteiger partial charge is 0.126 e. The average Bonchev–Trinajstić information content (AvgIpc) is 2.37. The van der Waals surface area contributed by atoms with E-state index in [0.29, 0.717) is 11.8 Å². The van der Waals surface area contributed by atoms with E-state index >= 15 is 0 Å². The van der Waals surface area contributed by atoms with Gasteiger partial charge in [-0.15, -0.1) is 35.0 Å². The number of hydrogen-bond acceptors (Lipinski definition) is 1. The van der Waals surface area contributed by atoms with Gasteiger partial charge >= 0.3 is 0 Å². The van der Waals surface area contributed by atoms with E-state index in [-0.39, 0.29) is 5.41 Å². The number of halogens is 2. The molecule has 16 heavy (non-hydrogen) atoms. The molecule has 1 aromatic rings. The summed E-state index contributed by atoms with van der Waals surface area (Å²) in [6.45, 7) is 2.16. The van der Waals surface area contributed by atoms with Crippen LogP contribution in [0.3, 0.4) is 0 Å². The standard InChI is InChI=1S/C13H18Cl2S/c1-2-13(10-14,11-15)8-9-16-12-6-4-3-5-7-12/h3-7H,2,8-11H2,1H3. The monoisotopic (exact) mass is 276 g/mol. The van der Waals surface area contributed by atoms with Crippen LogP contribution in [0.25, 0.3) is 0 Å². The Hall–Kier alpha value is 0.150. The molecule has 0 heterocycles. The van der Waals surface area contributed by atoms with Crippen LogP contribution >= 0.6 is 35.0 Å². The maximum atomic E-state index is 6.01. The highest BCUT2D eigenvalue weighted by atomic mass is 35.5. The average molecular weight is 277 g/mol. The van der Waals surface area contributed by atoms with Crippen molar-refractivity contribution < 1.29 is 0 Å². The van der Waals surface area contributed by atoms with Gasteiger partial charge in [0, 0.05) is 16.7 Å². The quantitative estimate of drug-likeness (QED) is 0.497. The highest BCUT2D eigenvalue weighted by Gasteiger charge is 2.25. The molecule has 1 aromatic carbocycles. The Morgan fingerprint density at radius 2 is 1.75 bits per heavy atom. The molecule has 0 radical (unpaired) electrons. The lowest BCUT2D eigenvalue weighted by Crippen LogP contribution is -2.25. The maximum Gasteiger partial charge on any atom is 0.0291 e. The molecular weight excluding hydrogens is 259 g/mol. The molecule has 0 bridgehead atoms. The molecule has 90 valence electrons. The minimum absolute atomic E-state index is 0.116. The Morgan fingerprint density at radius 3 is 2.25 bits per heavy atom. The highest BCUT2D eigenvalue weighted by Crippen LogP contribution is 2.32. The van der Waals surface area contributed by atoms with E-state index < -0.39 is 0 Å². The third-order valence-electron chi connectivity index (χ3n) is 2.96. The molecule has 0 atom stereocenters. The van der Waals surface area contributed by atoms with Gasteiger partial charge in [-0.1, -0.05) is 25.1 Å². The zero-order valence-corrected chi connectivity index (χ0v) is 11.9. The first-order valence-electron chi connectivity index (χ1n) is 5.56. The molecule has 0 saturated heterocycles. The first-order valence-corrected chi connectivity index (χ1v) is 7.61. The first kappa shape index (κ1) is 14.2. The molecule has 0 amide bonds. The van der Waals surface area contributed by atoms with Crippen LogP contribution < -0.4 is 0 Å². The van der Waals surface area contributed by atoms with Crippen molar-refractivity contribution in [3.63, 3.8) is 0 Å². The lowest BCUT2D eigenvalue weighted by atomic mass is 9.87. The van der Waals surface area contributed by atoms with Crippen molar-refractivity contribution in [2.45, 2.75) is 24.7 Å². The Balaban J connectivity index is 2.39. The lowest BCUT2D eigenvalue weighted by Gasteiger charge is -2.27. The first-order chi connectivity index (χ1) is 7.76. The van der Waals surface area contributed by atoms with Crippen molar-refractivity contribution in [2.24, 2.45) is 5.41 Å². The third kappa shape index (κ3) is 4.20. The second-order valence-electron chi connectivity index (χ2n) is 4.03. The highest BCUT2D eigenvalue weighted by molar-refractivity contribution is 7.99. The van der Waals surface area contributed by atoms with Crippen molar-refractivity contribution in [3.05, 3.63) is 30.3 Å². The van der Waals surface area contributed by atoms with Crippen LogP contribution in [0.15, 0.2) is 35.2 Å². The molecule has 0 unspecified atom stereocenters. The van der Waals surface area contributed by atoms with Gasteiger partial charge in [0.25, 0.3) is 0 Å². The van der Waals surface area contributed by atoms with Gasteiger partial charge < -0.3 is 0 Å². The Bertz CT molecular complexity index is 275. The number of thioether (sulfide) groups is 1. The summed E-state index contributed by atoms with van der Waals surface area (Å²) in [7, 11) is 0. The predicted molar refractivity (Wildman–Crippen MR) is 75.9 cm³/mol. The Kier molecular flexibility index (Phi) is 6.64. The van der Waals surface area contributed by atoms with E-state index in [1.54, 1.807) is 0 Å². The molecule has 0 aromatic heterocycles. The van der Waals surface area contributed by atoms with Gasteiger partial charge in [0.15, 0.2) is 0 Å². The van der Waals surface area contributed by atoms with E-state index in [1.807, 2.05) is 17.8 Å². The van der Waals surface area contributed by atoms with Gasteiger partial charge in [0.2, 0.25) is 0 Å². The van der Waals surface area contributed by atoms with Crippen LogP contribution in [-0.2, 0) is 0 Å². The van der Waals surface area contributed by atoms with Crippen LogP contribution in [0, 0.1) is 5.41 Å². The number of rotatable bonds is 7. The summed E-state index contributed by atoms with van der Waals surface area (Å²) in [6, 6.07) is 10.5. The topological polar surface area (TPSA) is 0 Å². The summed E-state index contributed by atoms with van der Waals surface area (Å²) >= 11 is 13.9. The van der Waals surface area contributed by atoms with Crippen molar-refractivity contribution >= 4 is 35.0 Å². The molecular formula is C13H18Cl2S. The summed E-state index contributed by atoms with van der Waals surface area (Å²) in [5, 5.41) is 0. The lowest BCUT2D eigenvalue weighted by molar-refractivity contribution is 0.354.